The molecule has 0 aliphatic rings. The molecule has 2 atom stereocenters. The maximum absolute atomic E-state index is 12.7. The molecule has 0 heterocycles. The van der Waals surface area contributed by atoms with Crippen molar-refractivity contribution in [1.82, 2.24) is 0 Å². The fraction of sp³-hybridized carbons (Fsp3) is 0.208. The van der Waals surface area contributed by atoms with E-state index >= 15 is 0 Å². The number of aromatic hydroxyl groups is 1. The number of benzene rings is 3. The number of carbonyl (C=O) groups excluding carboxylic acids is 1. The second-order valence-electron chi connectivity index (χ2n) is 7.00. The Kier molecular flexibility index (Phi) is 8.13. The summed E-state index contributed by atoms with van der Waals surface area (Å²) in [5, 5.41) is 22.8. The maximum Gasteiger partial charge on any atom is 0.412 e. The van der Waals surface area contributed by atoms with Crippen molar-refractivity contribution in [2.75, 3.05) is 11.9 Å². The zero-order valence-electron chi connectivity index (χ0n) is 17.0. The Morgan fingerprint density at radius 2 is 1.77 bits per heavy atom. The van der Waals surface area contributed by atoms with Gasteiger partial charge < -0.3 is 19.7 Å². The van der Waals surface area contributed by atoms with Gasteiger partial charge in [0.15, 0.2) is 6.10 Å². The van der Waals surface area contributed by atoms with Crippen LogP contribution in [0.15, 0.2) is 72.8 Å². The maximum atomic E-state index is 12.7. The van der Waals surface area contributed by atoms with Crippen molar-refractivity contribution in [1.29, 1.82) is 0 Å². The van der Waals surface area contributed by atoms with Gasteiger partial charge >= 0.3 is 6.09 Å². The zero-order valence-corrected chi connectivity index (χ0v) is 19.2. The van der Waals surface area contributed by atoms with Gasteiger partial charge in [0, 0.05) is 27.8 Å². The number of anilines is 1. The van der Waals surface area contributed by atoms with Crippen LogP contribution in [0.5, 0.6) is 11.5 Å². The van der Waals surface area contributed by atoms with Crippen LogP contribution >= 0.6 is 22.6 Å². The highest BCUT2D eigenvalue weighted by molar-refractivity contribution is 14.1. The lowest BCUT2D eigenvalue weighted by Gasteiger charge is -2.28. The molecule has 3 N–H and O–H groups in total. The predicted octanol–water partition coefficient (Wildman–Crippen LogP) is 5.43. The first-order chi connectivity index (χ1) is 15.0. The Balaban J connectivity index is 1.89. The number of hydrogen-bond acceptors (Lipinski definition) is 5. The van der Waals surface area contributed by atoms with Gasteiger partial charge in [-0.1, -0.05) is 35.9 Å². The van der Waals surface area contributed by atoms with Gasteiger partial charge in [0.2, 0.25) is 0 Å². The van der Waals surface area contributed by atoms with Crippen molar-refractivity contribution in [3.8, 4) is 11.5 Å². The van der Waals surface area contributed by atoms with Crippen LogP contribution in [0.2, 0.25) is 0 Å². The lowest BCUT2D eigenvalue weighted by Crippen LogP contribution is -2.32. The third kappa shape index (κ3) is 6.60. The van der Waals surface area contributed by atoms with Crippen LogP contribution in [0.25, 0.3) is 0 Å². The number of para-hydroxylation sites is 1. The van der Waals surface area contributed by atoms with Gasteiger partial charge in [-0.15, -0.1) is 0 Å². The largest absolute Gasteiger partial charge is 0.508 e. The summed E-state index contributed by atoms with van der Waals surface area (Å²) in [4.78, 5) is 12.7. The average molecular weight is 533 g/mol. The van der Waals surface area contributed by atoms with Gasteiger partial charge in [0.05, 0.1) is 0 Å². The van der Waals surface area contributed by atoms with Crippen molar-refractivity contribution in [3.05, 3.63) is 87.5 Å². The van der Waals surface area contributed by atoms with Gasteiger partial charge in [-0.25, -0.2) is 4.79 Å². The average Bonchev–Trinajstić information content (AvgIpc) is 2.76. The molecule has 3 aromatic carbocycles. The van der Waals surface area contributed by atoms with E-state index in [0.717, 1.165) is 9.13 Å². The number of aliphatic hydroxyl groups is 1. The van der Waals surface area contributed by atoms with Gasteiger partial charge in [-0.05, 0) is 72.0 Å². The molecule has 3 aromatic rings. The number of rotatable bonds is 8. The van der Waals surface area contributed by atoms with E-state index in [2.05, 4.69) is 27.9 Å². The van der Waals surface area contributed by atoms with Crippen molar-refractivity contribution < 1.29 is 24.5 Å². The molecular weight excluding hydrogens is 509 g/mol. The van der Waals surface area contributed by atoms with Gasteiger partial charge in [-0.3, -0.25) is 5.32 Å². The number of aryl methyl sites for hydroxylation is 1. The number of halogens is 1. The lowest BCUT2D eigenvalue weighted by molar-refractivity contribution is 0.00796. The smallest absolute Gasteiger partial charge is 0.412 e. The predicted molar refractivity (Wildman–Crippen MR) is 127 cm³/mol. The number of carbonyl (C=O) groups is 1. The van der Waals surface area contributed by atoms with Crippen molar-refractivity contribution in [2.24, 2.45) is 0 Å². The molecule has 0 radical (unpaired) electrons. The summed E-state index contributed by atoms with van der Waals surface area (Å²) in [5.41, 5.74) is 2.06. The number of ether oxygens (including phenoxy) is 2. The Morgan fingerprint density at radius 1 is 1.06 bits per heavy atom. The number of aliphatic hydroxyl groups excluding tert-OH is 1. The van der Waals surface area contributed by atoms with Crippen LogP contribution in [0.1, 0.15) is 23.7 Å². The molecule has 0 aromatic heterocycles. The van der Waals surface area contributed by atoms with E-state index < -0.39 is 18.3 Å². The van der Waals surface area contributed by atoms with E-state index in [0.29, 0.717) is 17.0 Å². The van der Waals surface area contributed by atoms with E-state index in [1.165, 1.54) is 0 Å². The molecule has 3 rings (SSSR count). The minimum Gasteiger partial charge on any atom is -0.508 e. The van der Waals surface area contributed by atoms with Crippen LogP contribution in [0.4, 0.5) is 10.5 Å². The van der Waals surface area contributed by atoms with Crippen LogP contribution < -0.4 is 10.1 Å². The molecular formula is C24H24INO5. The highest BCUT2D eigenvalue weighted by atomic mass is 127. The molecule has 0 spiro atoms. The molecule has 0 aliphatic heterocycles. The third-order valence-corrected chi connectivity index (χ3v) is 5.28. The fourth-order valence-corrected chi connectivity index (χ4v) is 3.58. The van der Waals surface area contributed by atoms with E-state index in [1.807, 2.05) is 37.3 Å². The molecule has 1 amide bonds. The molecule has 0 fully saturated rings. The van der Waals surface area contributed by atoms with E-state index in [9.17, 15) is 15.0 Å². The number of phenols is 1. The highest BCUT2D eigenvalue weighted by Gasteiger charge is 2.31. The summed E-state index contributed by atoms with van der Waals surface area (Å²) < 4.78 is 12.7. The van der Waals surface area contributed by atoms with Crippen molar-refractivity contribution in [3.63, 3.8) is 0 Å². The summed E-state index contributed by atoms with van der Waals surface area (Å²) in [7, 11) is 0. The molecule has 7 heteroatoms. The lowest BCUT2D eigenvalue weighted by atomic mass is 10.0. The van der Waals surface area contributed by atoms with Crippen LogP contribution in [-0.2, 0) is 4.74 Å². The van der Waals surface area contributed by atoms with Crippen molar-refractivity contribution >= 4 is 34.4 Å². The first kappa shape index (κ1) is 22.9. The normalized spacial score (nSPS) is 12.6. The third-order valence-electron chi connectivity index (χ3n) is 4.61. The minimum atomic E-state index is -0.951. The topological polar surface area (TPSA) is 88.0 Å². The first-order valence-electron chi connectivity index (χ1n) is 9.81. The van der Waals surface area contributed by atoms with E-state index in [4.69, 9.17) is 9.47 Å². The first-order valence-corrected chi connectivity index (χ1v) is 10.9. The van der Waals surface area contributed by atoms with Crippen LogP contribution in [0.3, 0.4) is 0 Å². The molecule has 0 saturated heterocycles. The SMILES string of the molecule is Cc1ccc(NC(=O)O[C@H](c2cc(I)ccc2O)[C@@H](CCO)Oc2ccccc2)cc1. The number of amides is 1. The van der Waals surface area contributed by atoms with E-state index in [-0.39, 0.29) is 18.8 Å². The molecule has 0 saturated carbocycles. The number of nitrogens with one attached hydrogen (secondary N) is 1. The second kappa shape index (κ2) is 11.0. The summed E-state index contributed by atoms with van der Waals surface area (Å²) in [6.45, 7) is 1.78. The summed E-state index contributed by atoms with van der Waals surface area (Å²) in [5.74, 6) is 0.548. The summed E-state index contributed by atoms with van der Waals surface area (Å²) in [6.07, 6.45) is -2.16. The molecule has 162 valence electrons. The second-order valence-corrected chi connectivity index (χ2v) is 8.25. The molecule has 6 nitrogen and oxygen atoms in total. The zero-order chi connectivity index (χ0) is 22.2. The van der Waals surface area contributed by atoms with Crippen molar-refractivity contribution in [2.45, 2.75) is 25.6 Å². The molecule has 0 aliphatic carbocycles. The number of hydrogen-bond donors (Lipinski definition) is 3. The monoisotopic (exact) mass is 533 g/mol. The Morgan fingerprint density at radius 3 is 2.45 bits per heavy atom. The Bertz CT molecular complexity index is 995. The molecule has 0 bridgehead atoms. The fourth-order valence-electron chi connectivity index (χ4n) is 3.07. The minimum absolute atomic E-state index is 0.0202. The van der Waals surface area contributed by atoms with Gasteiger partial charge in [-0.2, -0.15) is 0 Å². The van der Waals surface area contributed by atoms with Crippen LogP contribution in [-0.4, -0.2) is 29.0 Å². The van der Waals surface area contributed by atoms with E-state index in [1.54, 1.807) is 42.5 Å². The molecule has 0 unspecified atom stereocenters. The summed E-state index contributed by atoms with van der Waals surface area (Å²) in [6, 6.07) is 21.4. The molecule has 31 heavy (non-hydrogen) atoms. The van der Waals surface area contributed by atoms with Gasteiger partial charge in [0.25, 0.3) is 0 Å². The standard InChI is InChI=1S/C24H24INO5/c1-16-7-10-18(11-8-16)26-24(29)31-23(20-15-17(25)9-12-21(20)28)22(13-14-27)30-19-5-3-2-4-6-19/h2-12,15,22-23,27-28H,13-14H2,1H3,(H,26,29)/t22-,23-/m1/s1. The number of phenolic OH excluding ortho intramolecular Hbond substituents is 1. The summed E-state index contributed by atoms with van der Waals surface area (Å²) >= 11 is 2.12. The van der Waals surface area contributed by atoms with Crippen LogP contribution in [0, 0.1) is 10.5 Å². The quantitative estimate of drug-likeness (QED) is 0.337. The Labute approximate surface area is 195 Å². The highest BCUT2D eigenvalue weighted by Crippen LogP contribution is 2.34. The van der Waals surface area contributed by atoms with Gasteiger partial charge in [0.1, 0.15) is 17.6 Å². The Hall–Kier alpha value is -2.78.